The molecule has 1 aromatic heterocycles. The fraction of sp³-hybridized carbons (Fsp3) is 0.455. The van der Waals surface area contributed by atoms with Gasteiger partial charge in [-0.25, -0.2) is 14.2 Å². The third kappa shape index (κ3) is 5.67. The number of carbonyl (C=O) groups excluding carboxylic acids is 2. The molecule has 1 fully saturated rings. The maximum atomic E-state index is 13.1. The number of nitrogens with zero attached hydrogens (tertiary/aromatic N) is 4. The average Bonchev–Trinajstić information content (AvgIpc) is 2.79. The molecule has 1 aromatic carbocycles. The summed E-state index contributed by atoms with van der Waals surface area (Å²) in [6.45, 7) is 5.60. The summed E-state index contributed by atoms with van der Waals surface area (Å²) in [4.78, 5) is 45.1. The average molecular weight is 463 g/mol. The van der Waals surface area contributed by atoms with Crippen LogP contribution in [0, 0.1) is 12.7 Å². The number of hydrogen-bond acceptors (Lipinski definition) is 6. The maximum Gasteiger partial charge on any atom is 0.409 e. The predicted octanol–water partition coefficient (Wildman–Crippen LogP) is 2.21. The van der Waals surface area contributed by atoms with Gasteiger partial charge in [-0.15, -0.1) is 0 Å². The highest BCUT2D eigenvalue weighted by atomic mass is 32.2. The number of rotatable bonds is 6. The first-order valence-corrected chi connectivity index (χ1v) is 11.4. The van der Waals surface area contributed by atoms with Gasteiger partial charge in [-0.1, -0.05) is 23.9 Å². The molecule has 0 bridgehead atoms. The van der Waals surface area contributed by atoms with Gasteiger partial charge in [0.2, 0.25) is 5.91 Å². The number of carbonyl (C=O) groups is 2. The molecule has 0 saturated carbocycles. The predicted molar refractivity (Wildman–Crippen MR) is 119 cm³/mol. The molecule has 2 aromatic rings. The fourth-order valence-electron chi connectivity index (χ4n) is 3.44. The topological polar surface area (TPSA) is 84.7 Å². The van der Waals surface area contributed by atoms with Crippen LogP contribution >= 0.6 is 11.8 Å². The fourth-order valence-corrected chi connectivity index (χ4v) is 4.35. The van der Waals surface area contributed by atoms with E-state index < -0.39 is 0 Å². The van der Waals surface area contributed by atoms with Gasteiger partial charge in [-0.2, -0.15) is 0 Å². The molecule has 1 saturated heterocycles. The van der Waals surface area contributed by atoms with Crippen LogP contribution in [0.2, 0.25) is 0 Å². The van der Waals surface area contributed by atoms with Gasteiger partial charge in [0.25, 0.3) is 5.56 Å². The third-order valence-electron chi connectivity index (χ3n) is 5.33. The Morgan fingerprint density at radius 1 is 1.12 bits per heavy atom. The second-order valence-electron chi connectivity index (χ2n) is 7.48. The maximum absolute atomic E-state index is 13.1. The van der Waals surface area contributed by atoms with Crippen LogP contribution in [-0.2, 0) is 23.0 Å². The Morgan fingerprint density at radius 3 is 2.38 bits per heavy atom. The van der Waals surface area contributed by atoms with Gasteiger partial charge in [0, 0.05) is 50.9 Å². The minimum Gasteiger partial charge on any atom is -0.450 e. The van der Waals surface area contributed by atoms with Crippen LogP contribution in [0.1, 0.15) is 23.7 Å². The molecule has 0 unspecified atom stereocenters. The summed E-state index contributed by atoms with van der Waals surface area (Å²) in [7, 11) is 1.63. The zero-order chi connectivity index (χ0) is 23.3. The van der Waals surface area contributed by atoms with E-state index >= 15 is 0 Å². The highest BCUT2D eigenvalue weighted by molar-refractivity contribution is 7.99. The molecule has 1 aliphatic rings. The van der Waals surface area contributed by atoms with Gasteiger partial charge < -0.3 is 14.5 Å². The first-order valence-electron chi connectivity index (χ1n) is 10.4. The molecule has 0 aliphatic carbocycles. The molecule has 0 N–H and O–H groups in total. The van der Waals surface area contributed by atoms with Crippen molar-refractivity contribution < 1.29 is 18.7 Å². The van der Waals surface area contributed by atoms with E-state index in [0.717, 1.165) is 5.56 Å². The molecule has 2 amide bonds. The van der Waals surface area contributed by atoms with Crippen LogP contribution in [0.25, 0.3) is 0 Å². The molecule has 32 heavy (non-hydrogen) atoms. The van der Waals surface area contributed by atoms with Gasteiger partial charge >= 0.3 is 6.09 Å². The Kier molecular flexibility index (Phi) is 7.89. The van der Waals surface area contributed by atoms with E-state index in [1.54, 1.807) is 42.8 Å². The van der Waals surface area contributed by atoms with Gasteiger partial charge in [0.05, 0.1) is 12.4 Å². The van der Waals surface area contributed by atoms with E-state index in [-0.39, 0.29) is 29.1 Å². The monoisotopic (exact) mass is 462 g/mol. The number of amides is 2. The van der Waals surface area contributed by atoms with Crippen molar-refractivity contribution in [3.05, 3.63) is 57.3 Å². The Morgan fingerprint density at radius 2 is 1.75 bits per heavy atom. The van der Waals surface area contributed by atoms with Gasteiger partial charge in [0.15, 0.2) is 5.16 Å². The number of hydrogen-bond donors (Lipinski definition) is 0. The van der Waals surface area contributed by atoms with E-state index in [2.05, 4.69) is 4.98 Å². The number of aromatic nitrogens is 2. The van der Waals surface area contributed by atoms with Crippen molar-refractivity contribution in [1.29, 1.82) is 0 Å². The molecular formula is C22H27FN4O4S. The molecule has 1 aliphatic heterocycles. The summed E-state index contributed by atoms with van der Waals surface area (Å²) in [6.07, 6.45) is 0.00446. The quantitative estimate of drug-likeness (QED) is 0.484. The highest BCUT2D eigenvalue weighted by Crippen LogP contribution is 2.18. The second kappa shape index (κ2) is 10.6. The van der Waals surface area contributed by atoms with Crippen molar-refractivity contribution >= 4 is 23.8 Å². The minimum atomic E-state index is -0.357. The molecule has 8 nitrogen and oxygen atoms in total. The number of ether oxygens (including phenoxy) is 1. The lowest BCUT2D eigenvalue weighted by Crippen LogP contribution is -2.51. The number of aryl methyl sites for hydroxylation is 1. The Bertz CT molecular complexity index is 1030. The van der Waals surface area contributed by atoms with Crippen LogP contribution in [0.5, 0.6) is 0 Å². The van der Waals surface area contributed by atoms with Crippen molar-refractivity contribution in [1.82, 2.24) is 19.4 Å². The minimum absolute atomic E-state index is 0.0687. The van der Waals surface area contributed by atoms with Crippen LogP contribution in [0.15, 0.2) is 34.2 Å². The summed E-state index contributed by atoms with van der Waals surface area (Å²) < 4.78 is 19.6. The molecule has 10 heteroatoms. The highest BCUT2D eigenvalue weighted by Gasteiger charge is 2.25. The van der Waals surface area contributed by atoms with Crippen LogP contribution < -0.4 is 5.56 Å². The first-order chi connectivity index (χ1) is 15.3. The zero-order valence-corrected chi connectivity index (χ0v) is 19.3. The third-order valence-corrected chi connectivity index (χ3v) is 6.34. The largest absolute Gasteiger partial charge is 0.450 e. The number of piperazine rings is 1. The standard InChI is InChI=1S/C22H27FN4O4S/c1-4-31-22(30)27-11-9-26(10-12-27)19(28)14-32-21-24-15(2)18(20(29)25(21)3)13-16-5-7-17(23)8-6-16/h5-8H,4,9-14H2,1-3H3. The molecule has 0 atom stereocenters. The second-order valence-corrected chi connectivity index (χ2v) is 8.42. The SMILES string of the molecule is CCOC(=O)N1CCN(C(=O)CSc2nc(C)c(Cc3ccc(F)cc3)c(=O)n2C)CC1. The van der Waals surface area contributed by atoms with Gasteiger partial charge in [0.1, 0.15) is 5.82 Å². The number of benzene rings is 1. The molecule has 0 radical (unpaired) electrons. The van der Waals surface area contributed by atoms with Crippen molar-refractivity contribution in [3.63, 3.8) is 0 Å². The number of thioether (sulfide) groups is 1. The van der Waals surface area contributed by atoms with Gasteiger partial charge in [-0.05, 0) is 31.5 Å². The lowest BCUT2D eigenvalue weighted by Gasteiger charge is -2.34. The lowest BCUT2D eigenvalue weighted by atomic mass is 10.1. The first kappa shape index (κ1) is 23.8. The smallest absolute Gasteiger partial charge is 0.409 e. The van der Waals surface area contributed by atoms with Crippen molar-refractivity contribution in [2.24, 2.45) is 7.05 Å². The summed E-state index contributed by atoms with van der Waals surface area (Å²) in [6, 6.07) is 6.03. The Hall–Kier alpha value is -2.88. The van der Waals surface area contributed by atoms with E-state index in [1.807, 2.05) is 0 Å². The van der Waals surface area contributed by atoms with Crippen molar-refractivity contribution in [2.75, 3.05) is 38.5 Å². The summed E-state index contributed by atoms with van der Waals surface area (Å²) in [5, 5.41) is 0.467. The van der Waals surface area contributed by atoms with E-state index in [4.69, 9.17) is 4.74 Å². The molecule has 0 spiro atoms. The molecule has 3 rings (SSSR count). The number of halogens is 1. The summed E-state index contributed by atoms with van der Waals surface area (Å²) in [5.74, 6) is -0.243. The lowest BCUT2D eigenvalue weighted by molar-refractivity contribution is -0.129. The van der Waals surface area contributed by atoms with E-state index in [1.165, 1.54) is 28.5 Å². The van der Waals surface area contributed by atoms with Crippen LogP contribution in [-0.4, -0.2) is 69.9 Å². The summed E-state index contributed by atoms with van der Waals surface area (Å²) >= 11 is 1.22. The van der Waals surface area contributed by atoms with Crippen molar-refractivity contribution in [3.8, 4) is 0 Å². The Balaban J connectivity index is 1.61. The van der Waals surface area contributed by atoms with Gasteiger partial charge in [-0.3, -0.25) is 14.2 Å². The summed E-state index contributed by atoms with van der Waals surface area (Å²) in [5.41, 5.74) is 1.78. The van der Waals surface area contributed by atoms with E-state index in [9.17, 15) is 18.8 Å². The zero-order valence-electron chi connectivity index (χ0n) is 18.5. The van der Waals surface area contributed by atoms with Crippen LogP contribution in [0.4, 0.5) is 9.18 Å². The normalized spacial score (nSPS) is 13.9. The molecule has 2 heterocycles. The van der Waals surface area contributed by atoms with E-state index in [0.29, 0.717) is 55.6 Å². The van der Waals surface area contributed by atoms with Crippen LogP contribution in [0.3, 0.4) is 0 Å². The van der Waals surface area contributed by atoms with Crippen molar-refractivity contribution in [2.45, 2.75) is 25.4 Å². The molecular weight excluding hydrogens is 435 g/mol. The Labute approximate surface area is 190 Å². The molecule has 172 valence electrons.